The number of carbonyl (C=O) groups is 2. The van der Waals surface area contributed by atoms with Crippen molar-refractivity contribution >= 4 is 11.8 Å². The summed E-state index contributed by atoms with van der Waals surface area (Å²) in [6.45, 7) is 1.65. The van der Waals surface area contributed by atoms with E-state index in [2.05, 4.69) is 10.6 Å². The normalized spacial score (nSPS) is 36.8. The molecule has 0 aliphatic heterocycles. The highest BCUT2D eigenvalue weighted by atomic mass is 16.5. The van der Waals surface area contributed by atoms with Gasteiger partial charge in [0.25, 0.3) is 0 Å². The molecule has 0 spiro atoms. The van der Waals surface area contributed by atoms with Crippen LogP contribution < -0.4 is 10.6 Å². The molecule has 4 saturated carbocycles. The van der Waals surface area contributed by atoms with Gasteiger partial charge in [-0.15, -0.1) is 0 Å². The van der Waals surface area contributed by atoms with Crippen LogP contribution >= 0.6 is 0 Å². The number of carbonyl (C=O) groups excluding carboxylic acids is 2. The van der Waals surface area contributed by atoms with Crippen LogP contribution in [0, 0.1) is 23.7 Å². The molecule has 136 valence electrons. The van der Waals surface area contributed by atoms with E-state index >= 15 is 0 Å². The Balaban J connectivity index is 1.54. The molecule has 0 heterocycles. The number of methoxy groups -OCH3 is 1. The second kappa shape index (κ2) is 7.00. The number of rotatable bonds is 6. The molecule has 4 fully saturated rings. The van der Waals surface area contributed by atoms with E-state index in [0.29, 0.717) is 31.5 Å². The first kappa shape index (κ1) is 17.7. The van der Waals surface area contributed by atoms with Crippen LogP contribution in [-0.4, -0.2) is 63.2 Å². The van der Waals surface area contributed by atoms with Crippen molar-refractivity contribution in [2.75, 3.05) is 40.8 Å². The second-order valence-electron chi connectivity index (χ2n) is 8.21. The number of hydrogen-bond donors (Lipinski definition) is 2. The Bertz CT molecular complexity index is 464. The van der Waals surface area contributed by atoms with Gasteiger partial charge in [0, 0.05) is 26.7 Å². The average Bonchev–Trinajstić information content (AvgIpc) is 2.53. The summed E-state index contributed by atoms with van der Waals surface area (Å²) in [7, 11) is 5.63. The standard InChI is InChI=1S/C18H31N3O3/c1-21(2)5-4-19-16(22)17(23)20-11-18(24-3)14-7-12-6-13(9-14)10-15(18)8-12/h12-15H,4-11H2,1-3H3,(H,19,22)(H,20,23). The van der Waals surface area contributed by atoms with E-state index in [9.17, 15) is 9.59 Å². The van der Waals surface area contributed by atoms with E-state index in [-0.39, 0.29) is 5.60 Å². The molecule has 0 saturated heterocycles. The lowest BCUT2D eigenvalue weighted by molar-refractivity contribution is -0.188. The highest BCUT2D eigenvalue weighted by Crippen LogP contribution is 2.59. The zero-order chi connectivity index (χ0) is 17.3. The van der Waals surface area contributed by atoms with Crippen molar-refractivity contribution in [2.24, 2.45) is 23.7 Å². The molecule has 6 nitrogen and oxygen atoms in total. The van der Waals surface area contributed by atoms with Gasteiger partial charge in [-0.1, -0.05) is 0 Å². The minimum absolute atomic E-state index is 0.271. The molecule has 4 aliphatic rings. The Labute approximate surface area is 144 Å². The van der Waals surface area contributed by atoms with Crippen molar-refractivity contribution < 1.29 is 14.3 Å². The van der Waals surface area contributed by atoms with E-state index in [0.717, 1.165) is 11.8 Å². The van der Waals surface area contributed by atoms with E-state index in [1.165, 1.54) is 32.1 Å². The molecular weight excluding hydrogens is 306 g/mol. The van der Waals surface area contributed by atoms with Gasteiger partial charge in [0.05, 0.1) is 5.60 Å². The van der Waals surface area contributed by atoms with Crippen molar-refractivity contribution in [1.82, 2.24) is 15.5 Å². The zero-order valence-electron chi connectivity index (χ0n) is 15.1. The fourth-order valence-electron chi connectivity index (χ4n) is 5.45. The third kappa shape index (κ3) is 3.31. The van der Waals surface area contributed by atoms with Crippen molar-refractivity contribution in [2.45, 2.75) is 37.7 Å². The molecule has 24 heavy (non-hydrogen) atoms. The summed E-state index contributed by atoms with van der Waals surface area (Å²) in [4.78, 5) is 26.0. The Hall–Kier alpha value is -1.14. The number of nitrogens with one attached hydrogen (secondary N) is 2. The van der Waals surface area contributed by atoms with E-state index in [4.69, 9.17) is 4.74 Å². The minimum Gasteiger partial charge on any atom is -0.376 e. The summed E-state index contributed by atoms with van der Waals surface area (Å²) < 4.78 is 6.00. The number of nitrogens with zero attached hydrogens (tertiary/aromatic N) is 1. The lowest BCUT2D eigenvalue weighted by atomic mass is 9.49. The molecule has 0 aromatic carbocycles. The van der Waals surface area contributed by atoms with Crippen molar-refractivity contribution in [3.63, 3.8) is 0 Å². The summed E-state index contributed by atoms with van der Waals surface area (Å²) in [5.41, 5.74) is -0.271. The predicted octanol–water partition coefficient (Wildman–Crippen LogP) is 0.622. The van der Waals surface area contributed by atoms with Gasteiger partial charge in [-0.3, -0.25) is 9.59 Å². The lowest BCUT2D eigenvalue weighted by Gasteiger charge is -2.60. The topological polar surface area (TPSA) is 70.7 Å². The molecule has 0 aromatic heterocycles. The second-order valence-corrected chi connectivity index (χ2v) is 8.21. The largest absolute Gasteiger partial charge is 0.376 e. The molecule has 4 bridgehead atoms. The van der Waals surface area contributed by atoms with Crippen LogP contribution in [0.1, 0.15) is 32.1 Å². The number of likely N-dealkylation sites (N-methyl/N-ethyl adjacent to an activating group) is 1. The molecule has 4 rings (SSSR count). The molecule has 4 aliphatic carbocycles. The Kier molecular flexibility index (Phi) is 5.16. The molecule has 0 aromatic rings. The molecular formula is C18H31N3O3. The summed E-state index contributed by atoms with van der Waals surface area (Å²) >= 11 is 0. The summed E-state index contributed by atoms with van der Waals surface area (Å²) in [5, 5.41) is 5.51. The quantitative estimate of drug-likeness (QED) is 0.697. The molecule has 2 amide bonds. The van der Waals surface area contributed by atoms with Gasteiger partial charge in [0.1, 0.15) is 0 Å². The van der Waals surface area contributed by atoms with Gasteiger partial charge < -0.3 is 20.3 Å². The van der Waals surface area contributed by atoms with Crippen molar-refractivity contribution in [3.05, 3.63) is 0 Å². The zero-order valence-corrected chi connectivity index (χ0v) is 15.1. The summed E-state index contributed by atoms with van der Waals surface area (Å²) in [6, 6.07) is 0. The number of amides is 2. The number of hydrogen-bond acceptors (Lipinski definition) is 4. The monoisotopic (exact) mass is 337 g/mol. The SMILES string of the molecule is COC1(CNC(=O)C(=O)NCCN(C)C)C2CC3CC(C2)CC1C3. The van der Waals surface area contributed by atoms with Gasteiger partial charge in [-0.25, -0.2) is 0 Å². The van der Waals surface area contributed by atoms with Gasteiger partial charge in [-0.2, -0.15) is 0 Å². The van der Waals surface area contributed by atoms with Crippen LogP contribution in [0.3, 0.4) is 0 Å². The Morgan fingerprint density at radius 2 is 1.54 bits per heavy atom. The first-order chi connectivity index (χ1) is 11.4. The number of ether oxygens (including phenoxy) is 1. The summed E-state index contributed by atoms with van der Waals surface area (Å²) in [6.07, 6.45) is 6.24. The van der Waals surface area contributed by atoms with Gasteiger partial charge in [0.2, 0.25) is 0 Å². The lowest BCUT2D eigenvalue weighted by Crippen LogP contribution is -2.63. The first-order valence-corrected chi connectivity index (χ1v) is 9.20. The Morgan fingerprint density at radius 1 is 1.00 bits per heavy atom. The molecule has 2 N–H and O–H groups in total. The molecule has 0 radical (unpaired) electrons. The average molecular weight is 337 g/mol. The molecule has 0 unspecified atom stereocenters. The fraction of sp³-hybridized carbons (Fsp3) is 0.889. The third-order valence-corrected chi connectivity index (χ3v) is 6.48. The first-order valence-electron chi connectivity index (χ1n) is 9.20. The predicted molar refractivity (Wildman–Crippen MR) is 91.4 cm³/mol. The Morgan fingerprint density at radius 3 is 2.04 bits per heavy atom. The fourth-order valence-corrected chi connectivity index (χ4v) is 5.45. The van der Waals surface area contributed by atoms with Crippen molar-refractivity contribution in [3.8, 4) is 0 Å². The van der Waals surface area contributed by atoms with Crippen LogP contribution in [0.15, 0.2) is 0 Å². The molecule has 6 heteroatoms. The van der Waals surface area contributed by atoms with E-state index in [1.54, 1.807) is 7.11 Å². The van der Waals surface area contributed by atoms with Crippen LogP contribution in [-0.2, 0) is 14.3 Å². The highest BCUT2D eigenvalue weighted by molar-refractivity contribution is 6.35. The highest BCUT2D eigenvalue weighted by Gasteiger charge is 2.57. The van der Waals surface area contributed by atoms with Crippen LogP contribution in [0.4, 0.5) is 0 Å². The third-order valence-electron chi connectivity index (χ3n) is 6.48. The maximum atomic E-state index is 12.1. The van der Waals surface area contributed by atoms with E-state index in [1.807, 2.05) is 19.0 Å². The maximum absolute atomic E-state index is 12.1. The maximum Gasteiger partial charge on any atom is 0.309 e. The molecule has 0 atom stereocenters. The van der Waals surface area contributed by atoms with Crippen molar-refractivity contribution in [1.29, 1.82) is 0 Å². The smallest absolute Gasteiger partial charge is 0.309 e. The van der Waals surface area contributed by atoms with Crippen LogP contribution in [0.5, 0.6) is 0 Å². The van der Waals surface area contributed by atoms with Crippen LogP contribution in [0.25, 0.3) is 0 Å². The minimum atomic E-state index is -0.549. The van der Waals surface area contributed by atoms with Gasteiger partial charge in [-0.05, 0) is 69.9 Å². The van der Waals surface area contributed by atoms with Gasteiger partial charge in [0.15, 0.2) is 0 Å². The summed E-state index contributed by atoms with van der Waals surface area (Å²) in [5.74, 6) is 1.65. The van der Waals surface area contributed by atoms with E-state index < -0.39 is 11.8 Å². The van der Waals surface area contributed by atoms with Gasteiger partial charge >= 0.3 is 11.8 Å². The van der Waals surface area contributed by atoms with Crippen LogP contribution in [0.2, 0.25) is 0 Å².